The summed E-state index contributed by atoms with van der Waals surface area (Å²) >= 11 is 0. The van der Waals surface area contributed by atoms with E-state index in [2.05, 4.69) is 10.6 Å². The molecule has 0 saturated heterocycles. The maximum Gasteiger partial charge on any atom is 0.264 e. The Morgan fingerprint density at radius 1 is 1.04 bits per heavy atom. The van der Waals surface area contributed by atoms with Crippen molar-refractivity contribution >= 4 is 27.5 Å². The summed E-state index contributed by atoms with van der Waals surface area (Å²) in [5.41, 5.74) is 1.71. The highest BCUT2D eigenvalue weighted by Crippen LogP contribution is 2.23. The lowest BCUT2D eigenvalue weighted by Crippen LogP contribution is -2.36. The van der Waals surface area contributed by atoms with Crippen LogP contribution in [-0.2, 0) is 14.8 Å². The monoisotopic (exact) mass is 389 g/mol. The molecular weight excluding hydrogens is 366 g/mol. The van der Waals surface area contributed by atoms with Crippen LogP contribution >= 0.6 is 0 Å². The molecule has 0 spiro atoms. The quantitative estimate of drug-likeness (QED) is 0.753. The van der Waals surface area contributed by atoms with Crippen LogP contribution in [0.3, 0.4) is 0 Å². The number of carbonyl (C=O) groups excluding carboxylic acids is 2. The Hall–Kier alpha value is -2.87. The largest absolute Gasteiger partial charge is 0.355 e. The summed E-state index contributed by atoms with van der Waals surface area (Å²) in [7, 11) is -2.37. The van der Waals surface area contributed by atoms with Crippen LogP contribution in [0.2, 0.25) is 0 Å². The van der Waals surface area contributed by atoms with E-state index in [1.807, 2.05) is 19.1 Å². The fraction of sp³-hybridized carbons (Fsp3) is 0.263. The summed E-state index contributed by atoms with van der Waals surface area (Å²) in [6, 6.07) is 12.8. The molecule has 144 valence electrons. The van der Waals surface area contributed by atoms with Crippen LogP contribution in [0.1, 0.15) is 22.8 Å². The van der Waals surface area contributed by atoms with Gasteiger partial charge in [-0.1, -0.05) is 23.8 Å². The van der Waals surface area contributed by atoms with Crippen LogP contribution < -0.4 is 14.9 Å². The number of anilines is 1. The zero-order chi connectivity index (χ0) is 20.0. The first-order chi connectivity index (χ1) is 12.8. The number of sulfonamides is 1. The van der Waals surface area contributed by atoms with Gasteiger partial charge in [0, 0.05) is 19.2 Å². The van der Waals surface area contributed by atoms with Crippen LogP contribution in [0, 0.1) is 6.92 Å². The number of hydrogen-bond acceptors (Lipinski definition) is 4. The van der Waals surface area contributed by atoms with E-state index in [1.54, 1.807) is 19.1 Å². The lowest BCUT2D eigenvalue weighted by Gasteiger charge is -2.20. The minimum atomic E-state index is -3.83. The van der Waals surface area contributed by atoms with Crippen molar-refractivity contribution in [3.8, 4) is 0 Å². The fourth-order valence-electron chi connectivity index (χ4n) is 2.37. The van der Waals surface area contributed by atoms with Crippen molar-refractivity contribution in [2.24, 2.45) is 0 Å². The molecule has 0 saturated carbocycles. The first-order valence-corrected chi connectivity index (χ1v) is 9.90. The minimum absolute atomic E-state index is 0.00349. The third kappa shape index (κ3) is 5.07. The SMILES string of the molecule is CCNC(=O)CNC(=O)c1cccc(S(=O)(=O)N(C)c2ccc(C)cc2)c1. The second-order valence-corrected chi connectivity index (χ2v) is 7.94. The van der Waals surface area contributed by atoms with Crippen molar-refractivity contribution in [3.05, 3.63) is 59.7 Å². The Bertz CT molecular complexity index is 924. The van der Waals surface area contributed by atoms with Crippen molar-refractivity contribution in [3.63, 3.8) is 0 Å². The van der Waals surface area contributed by atoms with Gasteiger partial charge < -0.3 is 10.6 Å². The van der Waals surface area contributed by atoms with Crippen molar-refractivity contribution in [2.75, 3.05) is 24.4 Å². The van der Waals surface area contributed by atoms with Crippen LogP contribution in [-0.4, -0.2) is 40.4 Å². The summed E-state index contributed by atoms with van der Waals surface area (Å²) < 4.78 is 26.9. The molecular formula is C19H23N3O4S. The van der Waals surface area contributed by atoms with Gasteiger partial charge in [0.1, 0.15) is 0 Å². The van der Waals surface area contributed by atoms with Crippen molar-refractivity contribution < 1.29 is 18.0 Å². The predicted molar refractivity (Wildman–Crippen MR) is 104 cm³/mol. The molecule has 0 bridgehead atoms. The maximum absolute atomic E-state index is 12.9. The second kappa shape index (κ2) is 8.68. The van der Waals surface area contributed by atoms with Crippen LogP contribution in [0.4, 0.5) is 5.69 Å². The number of likely N-dealkylation sites (N-methyl/N-ethyl adjacent to an activating group) is 1. The number of benzene rings is 2. The molecule has 0 atom stereocenters. The number of carbonyl (C=O) groups is 2. The molecule has 0 fully saturated rings. The first-order valence-electron chi connectivity index (χ1n) is 8.46. The second-order valence-electron chi connectivity index (χ2n) is 5.97. The Balaban J connectivity index is 2.21. The van der Waals surface area contributed by atoms with Crippen molar-refractivity contribution in [2.45, 2.75) is 18.7 Å². The molecule has 0 aliphatic heterocycles. The third-order valence-electron chi connectivity index (χ3n) is 3.94. The Kier molecular flexibility index (Phi) is 6.57. The molecule has 0 aliphatic carbocycles. The van der Waals surface area contributed by atoms with E-state index in [4.69, 9.17) is 0 Å². The lowest BCUT2D eigenvalue weighted by molar-refractivity contribution is -0.120. The van der Waals surface area contributed by atoms with Crippen molar-refractivity contribution in [1.29, 1.82) is 0 Å². The van der Waals surface area contributed by atoms with E-state index in [1.165, 1.54) is 31.3 Å². The third-order valence-corrected chi connectivity index (χ3v) is 5.72. The van der Waals surface area contributed by atoms with Gasteiger partial charge in [-0.05, 0) is 44.2 Å². The molecule has 2 aromatic carbocycles. The van der Waals surface area contributed by atoms with Crippen molar-refractivity contribution in [1.82, 2.24) is 10.6 Å². The summed E-state index contributed by atoms with van der Waals surface area (Å²) in [6.45, 7) is 3.99. The highest BCUT2D eigenvalue weighted by molar-refractivity contribution is 7.92. The molecule has 27 heavy (non-hydrogen) atoms. The maximum atomic E-state index is 12.9. The minimum Gasteiger partial charge on any atom is -0.355 e. The van der Waals surface area contributed by atoms with E-state index in [-0.39, 0.29) is 22.9 Å². The summed E-state index contributed by atoms with van der Waals surface area (Å²) in [5.74, 6) is -0.829. The average molecular weight is 389 g/mol. The molecule has 2 amide bonds. The molecule has 0 unspecified atom stereocenters. The number of amides is 2. The Morgan fingerprint density at radius 3 is 2.33 bits per heavy atom. The first kappa shape index (κ1) is 20.4. The highest BCUT2D eigenvalue weighted by atomic mass is 32.2. The number of nitrogens with one attached hydrogen (secondary N) is 2. The predicted octanol–water partition coefficient (Wildman–Crippen LogP) is 1.69. The van der Waals surface area contributed by atoms with E-state index in [0.717, 1.165) is 9.87 Å². The number of nitrogens with zero attached hydrogens (tertiary/aromatic N) is 1. The van der Waals surface area contributed by atoms with Crippen LogP contribution in [0.15, 0.2) is 53.4 Å². The van der Waals surface area contributed by atoms with E-state index < -0.39 is 15.9 Å². The average Bonchev–Trinajstić information content (AvgIpc) is 2.66. The van der Waals surface area contributed by atoms with E-state index >= 15 is 0 Å². The molecule has 2 aromatic rings. The van der Waals surface area contributed by atoms with Gasteiger partial charge in [0.05, 0.1) is 17.1 Å². The Morgan fingerprint density at radius 2 is 1.70 bits per heavy atom. The number of hydrogen-bond donors (Lipinski definition) is 2. The molecule has 0 aliphatic rings. The lowest BCUT2D eigenvalue weighted by atomic mass is 10.2. The van der Waals surface area contributed by atoms with E-state index in [0.29, 0.717) is 12.2 Å². The summed E-state index contributed by atoms with van der Waals surface area (Å²) in [6.07, 6.45) is 0. The molecule has 2 rings (SSSR count). The van der Waals surface area contributed by atoms with Crippen LogP contribution in [0.25, 0.3) is 0 Å². The molecule has 2 N–H and O–H groups in total. The zero-order valence-electron chi connectivity index (χ0n) is 15.5. The molecule has 0 heterocycles. The van der Waals surface area contributed by atoms with Crippen LogP contribution in [0.5, 0.6) is 0 Å². The normalized spacial score (nSPS) is 10.9. The smallest absolute Gasteiger partial charge is 0.264 e. The molecule has 8 heteroatoms. The van der Waals surface area contributed by atoms with Gasteiger partial charge in [-0.15, -0.1) is 0 Å². The number of aryl methyl sites for hydroxylation is 1. The zero-order valence-corrected chi connectivity index (χ0v) is 16.3. The summed E-state index contributed by atoms with van der Waals surface area (Å²) in [5, 5.41) is 5.04. The fourth-order valence-corrected chi connectivity index (χ4v) is 3.61. The highest BCUT2D eigenvalue weighted by Gasteiger charge is 2.22. The molecule has 0 radical (unpaired) electrons. The van der Waals surface area contributed by atoms with Gasteiger partial charge in [0.25, 0.3) is 15.9 Å². The van der Waals surface area contributed by atoms with Gasteiger partial charge in [0.15, 0.2) is 0 Å². The standard InChI is InChI=1S/C19H23N3O4S/c1-4-20-18(23)13-21-19(24)15-6-5-7-17(12-15)27(25,26)22(3)16-10-8-14(2)9-11-16/h5-12H,4,13H2,1-3H3,(H,20,23)(H,21,24). The van der Waals surface area contributed by atoms with E-state index in [9.17, 15) is 18.0 Å². The van der Waals surface area contributed by atoms with Gasteiger partial charge in [-0.25, -0.2) is 8.42 Å². The van der Waals surface area contributed by atoms with Gasteiger partial charge in [-0.2, -0.15) is 0 Å². The summed E-state index contributed by atoms with van der Waals surface area (Å²) in [4.78, 5) is 23.7. The molecule has 0 aromatic heterocycles. The van der Waals surface area contributed by atoms with Gasteiger partial charge in [0.2, 0.25) is 5.91 Å². The van der Waals surface area contributed by atoms with Gasteiger partial charge in [-0.3, -0.25) is 13.9 Å². The molecule has 7 nitrogen and oxygen atoms in total. The van der Waals surface area contributed by atoms with Gasteiger partial charge >= 0.3 is 0 Å². The topological polar surface area (TPSA) is 95.6 Å². The number of rotatable bonds is 7. The Labute approximate surface area is 159 Å².